The molecule has 0 spiro atoms. The fraction of sp³-hybridized carbons (Fsp3) is 0.444. The van der Waals surface area contributed by atoms with Gasteiger partial charge in [-0.3, -0.25) is 14.4 Å². The van der Waals surface area contributed by atoms with Gasteiger partial charge in [0.1, 0.15) is 6.54 Å². The molecule has 2 aliphatic heterocycles. The zero-order valence-electron chi connectivity index (χ0n) is 13.9. The summed E-state index contributed by atoms with van der Waals surface area (Å²) in [5, 5.41) is 13.2. The summed E-state index contributed by atoms with van der Waals surface area (Å²) in [6.07, 6.45) is 3.84. The SMILES string of the molecule is O=C(O)Cn1nccc1C1CCCN(Cc2ccc3c(c2)OCO3)C1. The van der Waals surface area contributed by atoms with Crippen LogP contribution in [0.2, 0.25) is 0 Å². The van der Waals surface area contributed by atoms with Crippen molar-refractivity contribution in [3.8, 4) is 11.5 Å². The van der Waals surface area contributed by atoms with E-state index in [1.165, 1.54) is 5.56 Å². The summed E-state index contributed by atoms with van der Waals surface area (Å²) in [5.41, 5.74) is 2.21. The van der Waals surface area contributed by atoms with Crippen molar-refractivity contribution in [3.63, 3.8) is 0 Å². The molecule has 7 heteroatoms. The first-order chi connectivity index (χ1) is 12.2. The van der Waals surface area contributed by atoms with Gasteiger partial charge in [-0.2, -0.15) is 5.10 Å². The van der Waals surface area contributed by atoms with E-state index in [4.69, 9.17) is 14.6 Å². The number of carboxylic acid groups (broad SMARTS) is 1. The van der Waals surface area contributed by atoms with Gasteiger partial charge in [0.2, 0.25) is 6.79 Å². The van der Waals surface area contributed by atoms with E-state index >= 15 is 0 Å². The third kappa shape index (κ3) is 3.46. The minimum atomic E-state index is -0.863. The molecule has 25 heavy (non-hydrogen) atoms. The van der Waals surface area contributed by atoms with Gasteiger partial charge in [0.15, 0.2) is 11.5 Å². The Morgan fingerprint density at radius 1 is 1.28 bits per heavy atom. The van der Waals surface area contributed by atoms with Gasteiger partial charge in [-0.1, -0.05) is 6.07 Å². The molecule has 0 aliphatic carbocycles. The van der Waals surface area contributed by atoms with E-state index in [1.54, 1.807) is 10.9 Å². The van der Waals surface area contributed by atoms with E-state index in [1.807, 2.05) is 18.2 Å². The van der Waals surface area contributed by atoms with Crippen molar-refractivity contribution in [2.24, 2.45) is 0 Å². The van der Waals surface area contributed by atoms with E-state index < -0.39 is 5.97 Å². The number of benzene rings is 1. The summed E-state index contributed by atoms with van der Waals surface area (Å²) >= 11 is 0. The lowest BCUT2D eigenvalue weighted by Crippen LogP contribution is -2.35. The predicted octanol–water partition coefficient (Wildman–Crippen LogP) is 2.08. The molecule has 132 valence electrons. The molecule has 3 heterocycles. The zero-order chi connectivity index (χ0) is 17.2. The lowest BCUT2D eigenvalue weighted by molar-refractivity contribution is -0.137. The first kappa shape index (κ1) is 16.0. The van der Waals surface area contributed by atoms with Crippen molar-refractivity contribution in [2.75, 3.05) is 19.9 Å². The van der Waals surface area contributed by atoms with Gasteiger partial charge in [-0.05, 0) is 43.1 Å². The summed E-state index contributed by atoms with van der Waals surface area (Å²) in [6, 6.07) is 8.02. The lowest BCUT2D eigenvalue weighted by atomic mass is 9.94. The van der Waals surface area contributed by atoms with Crippen LogP contribution in [0, 0.1) is 0 Å². The first-order valence-corrected chi connectivity index (χ1v) is 8.53. The second-order valence-corrected chi connectivity index (χ2v) is 6.57. The van der Waals surface area contributed by atoms with Crippen LogP contribution < -0.4 is 9.47 Å². The maximum atomic E-state index is 11.0. The van der Waals surface area contributed by atoms with Gasteiger partial charge in [0.25, 0.3) is 0 Å². The molecule has 2 aromatic rings. The number of carbonyl (C=O) groups is 1. The molecule has 0 saturated carbocycles. The van der Waals surface area contributed by atoms with Gasteiger partial charge in [-0.25, -0.2) is 0 Å². The zero-order valence-corrected chi connectivity index (χ0v) is 13.9. The molecule has 0 amide bonds. The standard InChI is InChI=1S/C18H21N3O4/c22-18(23)11-21-15(5-6-19-21)14-2-1-7-20(10-14)9-13-3-4-16-17(8-13)25-12-24-16/h3-6,8,14H,1-2,7,9-12H2,(H,22,23). The third-order valence-electron chi connectivity index (χ3n) is 4.80. The Morgan fingerprint density at radius 3 is 3.04 bits per heavy atom. The average molecular weight is 343 g/mol. The topological polar surface area (TPSA) is 76.8 Å². The summed E-state index contributed by atoms with van der Waals surface area (Å²) in [6.45, 7) is 3.00. The summed E-state index contributed by atoms with van der Waals surface area (Å²) < 4.78 is 12.4. The van der Waals surface area contributed by atoms with Crippen molar-refractivity contribution in [2.45, 2.75) is 31.8 Å². The Bertz CT molecular complexity index is 773. The van der Waals surface area contributed by atoms with Crippen LogP contribution in [0.1, 0.15) is 30.0 Å². The second kappa shape index (κ2) is 6.76. The molecule has 1 aromatic heterocycles. The highest BCUT2D eigenvalue weighted by atomic mass is 16.7. The number of ether oxygens (including phenoxy) is 2. The lowest BCUT2D eigenvalue weighted by Gasteiger charge is -2.33. The summed E-state index contributed by atoms with van der Waals surface area (Å²) in [7, 11) is 0. The minimum absolute atomic E-state index is 0.0823. The van der Waals surface area contributed by atoms with Crippen LogP contribution in [0.4, 0.5) is 0 Å². The molecular formula is C18H21N3O4. The normalized spacial score (nSPS) is 19.9. The number of nitrogens with zero attached hydrogens (tertiary/aromatic N) is 3. The van der Waals surface area contributed by atoms with E-state index in [0.717, 1.165) is 49.7 Å². The van der Waals surface area contributed by atoms with Crippen LogP contribution in [0.5, 0.6) is 11.5 Å². The Hall–Kier alpha value is -2.54. The van der Waals surface area contributed by atoms with Crippen LogP contribution >= 0.6 is 0 Å². The van der Waals surface area contributed by atoms with Crippen molar-refractivity contribution in [1.29, 1.82) is 0 Å². The molecule has 1 unspecified atom stereocenters. The molecule has 0 radical (unpaired) electrons. The van der Waals surface area contributed by atoms with Gasteiger partial charge < -0.3 is 14.6 Å². The number of aliphatic carboxylic acids is 1. The van der Waals surface area contributed by atoms with Crippen LogP contribution in [0.15, 0.2) is 30.5 Å². The van der Waals surface area contributed by atoms with Gasteiger partial charge in [0, 0.05) is 30.9 Å². The largest absolute Gasteiger partial charge is 0.480 e. The molecule has 1 saturated heterocycles. The van der Waals surface area contributed by atoms with Gasteiger partial charge in [-0.15, -0.1) is 0 Å². The highest BCUT2D eigenvalue weighted by molar-refractivity contribution is 5.66. The Balaban J connectivity index is 1.44. The Labute approximate surface area is 145 Å². The van der Waals surface area contributed by atoms with Crippen molar-refractivity contribution in [3.05, 3.63) is 41.7 Å². The number of piperidine rings is 1. The number of rotatable bonds is 5. The van der Waals surface area contributed by atoms with E-state index in [9.17, 15) is 4.79 Å². The first-order valence-electron chi connectivity index (χ1n) is 8.53. The second-order valence-electron chi connectivity index (χ2n) is 6.57. The molecular weight excluding hydrogens is 322 g/mol. The average Bonchev–Trinajstić information content (AvgIpc) is 3.23. The van der Waals surface area contributed by atoms with Crippen LogP contribution in [0.3, 0.4) is 0 Å². The molecule has 1 N–H and O–H groups in total. The molecule has 2 aliphatic rings. The van der Waals surface area contributed by atoms with Crippen molar-refractivity contribution in [1.82, 2.24) is 14.7 Å². The predicted molar refractivity (Wildman–Crippen MR) is 89.7 cm³/mol. The van der Waals surface area contributed by atoms with Gasteiger partial charge >= 0.3 is 5.97 Å². The van der Waals surface area contributed by atoms with E-state index in [-0.39, 0.29) is 13.3 Å². The number of likely N-dealkylation sites (tertiary alicyclic amines) is 1. The fourth-order valence-electron chi connectivity index (χ4n) is 3.69. The maximum Gasteiger partial charge on any atom is 0.325 e. The maximum absolute atomic E-state index is 11.0. The summed E-state index contributed by atoms with van der Waals surface area (Å²) in [4.78, 5) is 13.4. The van der Waals surface area contributed by atoms with Crippen LogP contribution in [-0.2, 0) is 17.9 Å². The van der Waals surface area contributed by atoms with Crippen molar-refractivity contribution < 1.29 is 19.4 Å². The number of hydrogen-bond acceptors (Lipinski definition) is 5. The molecule has 1 aromatic carbocycles. The molecule has 7 nitrogen and oxygen atoms in total. The van der Waals surface area contributed by atoms with Gasteiger partial charge in [0.05, 0.1) is 0 Å². The molecule has 1 atom stereocenters. The van der Waals surface area contributed by atoms with Crippen LogP contribution in [0.25, 0.3) is 0 Å². The van der Waals surface area contributed by atoms with E-state index in [0.29, 0.717) is 5.92 Å². The number of aromatic nitrogens is 2. The fourth-order valence-corrected chi connectivity index (χ4v) is 3.69. The third-order valence-corrected chi connectivity index (χ3v) is 4.80. The smallest absolute Gasteiger partial charge is 0.325 e. The number of hydrogen-bond donors (Lipinski definition) is 1. The quantitative estimate of drug-likeness (QED) is 0.896. The molecule has 1 fully saturated rings. The number of carboxylic acids is 1. The van der Waals surface area contributed by atoms with E-state index in [2.05, 4.69) is 16.1 Å². The number of fused-ring (bicyclic) bond motifs is 1. The summed E-state index contributed by atoms with van der Waals surface area (Å²) in [5.74, 6) is 1.06. The minimum Gasteiger partial charge on any atom is -0.480 e. The van der Waals surface area contributed by atoms with Crippen LogP contribution in [-0.4, -0.2) is 45.6 Å². The molecule has 0 bridgehead atoms. The molecule has 4 rings (SSSR count). The Kier molecular flexibility index (Phi) is 4.31. The monoisotopic (exact) mass is 343 g/mol. The Morgan fingerprint density at radius 2 is 2.16 bits per heavy atom. The highest BCUT2D eigenvalue weighted by Crippen LogP contribution is 2.33. The van der Waals surface area contributed by atoms with Crippen molar-refractivity contribution >= 4 is 5.97 Å². The highest BCUT2D eigenvalue weighted by Gasteiger charge is 2.25.